The third-order valence-electron chi connectivity index (χ3n) is 5.23. The van der Waals surface area contributed by atoms with Gasteiger partial charge in [-0.05, 0) is 34.4 Å². The molecule has 4 rings (SSSR count). The fourth-order valence-corrected chi connectivity index (χ4v) is 3.72. The van der Waals surface area contributed by atoms with Gasteiger partial charge < -0.3 is 19.9 Å². The molecule has 0 aliphatic heterocycles. The standard InChI is InChI=1S/C24H19F2NO5/c25-14-9-10-22(20(26)11-14)31-13-21(23(28)29)27-24(30)32-12-19-17-7-3-1-5-15(17)16-6-2-4-8-18(16)19/h1-11,19,21H,12-13H2,(H,27,30)(H,28,29)/t21-/m0/s1. The molecular weight excluding hydrogens is 420 g/mol. The molecule has 8 heteroatoms. The highest BCUT2D eigenvalue weighted by atomic mass is 19.1. The van der Waals surface area contributed by atoms with Crippen molar-refractivity contribution in [1.29, 1.82) is 0 Å². The Morgan fingerprint density at radius 1 is 0.969 bits per heavy atom. The molecule has 1 amide bonds. The SMILES string of the molecule is O=C(N[C@@H](COc1ccc(F)cc1F)C(=O)O)OCC1c2ccccc2-c2ccccc21. The number of benzene rings is 3. The molecule has 0 fully saturated rings. The summed E-state index contributed by atoms with van der Waals surface area (Å²) < 4.78 is 37.1. The molecule has 0 unspecified atom stereocenters. The zero-order valence-corrected chi connectivity index (χ0v) is 16.8. The highest BCUT2D eigenvalue weighted by Crippen LogP contribution is 2.44. The maximum absolute atomic E-state index is 13.7. The van der Waals surface area contributed by atoms with Gasteiger partial charge in [-0.25, -0.2) is 18.4 Å². The lowest BCUT2D eigenvalue weighted by atomic mass is 9.98. The van der Waals surface area contributed by atoms with E-state index < -0.39 is 36.3 Å². The van der Waals surface area contributed by atoms with Crippen LogP contribution in [0.2, 0.25) is 0 Å². The van der Waals surface area contributed by atoms with Crippen LogP contribution in [0.25, 0.3) is 11.1 Å². The van der Waals surface area contributed by atoms with E-state index in [0.29, 0.717) is 6.07 Å². The van der Waals surface area contributed by atoms with Gasteiger partial charge in [0.25, 0.3) is 0 Å². The number of fused-ring (bicyclic) bond motifs is 3. The smallest absolute Gasteiger partial charge is 0.407 e. The van der Waals surface area contributed by atoms with Crippen LogP contribution >= 0.6 is 0 Å². The molecule has 2 N–H and O–H groups in total. The molecular formula is C24H19F2NO5. The summed E-state index contributed by atoms with van der Waals surface area (Å²) in [6, 6.07) is 16.8. The third-order valence-corrected chi connectivity index (χ3v) is 5.23. The van der Waals surface area contributed by atoms with E-state index >= 15 is 0 Å². The van der Waals surface area contributed by atoms with Crippen LogP contribution in [0.1, 0.15) is 17.0 Å². The van der Waals surface area contributed by atoms with E-state index in [9.17, 15) is 23.5 Å². The Labute approximate surface area is 182 Å². The topological polar surface area (TPSA) is 84.9 Å². The normalized spacial score (nSPS) is 13.1. The van der Waals surface area contributed by atoms with Crippen LogP contribution in [-0.2, 0) is 9.53 Å². The van der Waals surface area contributed by atoms with Crippen LogP contribution < -0.4 is 10.1 Å². The number of carboxylic acids is 1. The number of aliphatic carboxylic acids is 1. The Hall–Kier alpha value is -3.94. The first-order valence-electron chi connectivity index (χ1n) is 9.86. The van der Waals surface area contributed by atoms with Gasteiger partial charge in [0.2, 0.25) is 0 Å². The average Bonchev–Trinajstić information content (AvgIpc) is 3.10. The van der Waals surface area contributed by atoms with Crippen molar-refractivity contribution in [1.82, 2.24) is 5.32 Å². The number of ether oxygens (including phenoxy) is 2. The van der Waals surface area contributed by atoms with Crippen molar-refractivity contribution < 1.29 is 33.0 Å². The van der Waals surface area contributed by atoms with E-state index in [4.69, 9.17) is 9.47 Å². The molecule has 0 spiro atoms. The molecule has 0 aromatic heterocycles. The van der Waals surface area contributed by atoms with Crippen LogP contribution in [0, 0.1) is 11.6 Å². The molecule has 1 atom stereocenters. The lowest BCUT2D eigenvalue weighted by molar-refractivity contribution is -0.140. The number of carbonyl (C=O) groups is 2. The molecule has 1 aliphatic carbocycles. The Morgan fingerprint density at radius 2 is 1.59 bits per heavy atom. The fourth-order valence-electron chi connectivity index (χ4n) is 3.72. The molecule has 0 heterocycles. The summed E-state index contributed by atoms with van der Waals surface area (Å²) in [6.07, 6.45) is -0.942. The minimum absolute atomic E-state index is 0.0135. The number of amides is 1. The lowest BCUT2D eigenvalue weighted by Gasteiger charge is -2.18. The van der Waals surface area contributed by atoms with Crippen LogP contribution in [0.3, 0.4) is 0 Å². The second-order valence-electron chi connectivity index (χ2n) is 7.25. The van der Waals surface area contributed by atoms with Crippen molar-refractivity contribution in [3.63, 3.8) is 0 Å². The molecule has 164 valence electrons. The quantitative estimate of drug-likeness (QED) is 0.572. The summed E-state index contributed by atoms with van der Waals surface area (Å²) in [5.41, 5.74) is 4.17. The molecule has 0 bridgehead atoms. The van der Waals surface area contributed by atoms with Gasteiger partial charge >= 0.3 is 12.1 Å². The fraction of sp³-hybridized carbons (Fsp3) is 0.167. The second kappa shape index (κ2) is 9.05. The van der Waals surface area contributed by atoms with Crippen LogP contribution in [0.15, 0.2) is 66.7 Å². The van der Waals surface area contributed by atoms with Gasteiger partial charge in [-0.15, -0.1) is 0 Å². The highest BCUT2D eigenvalue weighted by molar-refractivity contribution is 5.81. The number of alkyl carbamates (subject to hydrolysis) is 1. The Balaban J connectivity index is 1.39. The van der Waals surface area contributed by atoms with Crippen molar-refractivity contribution in [2.45, 2.75) is 12.0 Å². The first-order chi connectivity index (χ1) is 15.4. The van der Waals surface area contributed by atoms with E-state index in [1.165, 1.54) is 0 Å². The lowest BCUT2D eigenvalue weighted by Crippen LogP contribution is -2.45. The zero-order valence-electron chi connectivity index (χ0n) is 16.8. The maximum Gasteiger partial charge on any atom is 0.407 e. The first-order valence-corrected chi connectivity index (χ1v) is 9.86. The number of carbonyl (C=O) groups excluding carboxylic acids is 1. The number of nitrogens with one attached hydrogen (secondary N) is 1. The van der Waals surface area contributed by atoms with Gasteiger partial charge in [-0.3, -0.25) is 0 Å². The van der Waals surface area contributed by atoms with E-state index in [-0.39, 0.29) is 18.3 Å². The van der Waals surface area contributed by atoms with Crippen LogP contribution in [-0.4, -0.2) is 36.4 Å². The molecule has 0 saturated heterocycles. The Morgan fingerprint density at radius 3 is 2.19 bits per heavy atom. The molecule has 3 aromatic carbocycles. The van der Waals surface area contributed by atoms with Crippen molar-refractivity contribution in [2.24, 2.45) is 0 Å². The second-order valence-corrected chi connectivity index (χ2v) is 7.25. The number of hydrogen-bond donors (Lipinski definition) is 2. The summed E-state index contributed by atoms with van der Waals surface area (Å²) in [5, 5.41) is 11.6. The zero-order chi connectivity index (χ0) is 22.7. The van der Waals surface area contributed by atoms with Crippen molar-refractivity contribution in [3.05, 3.63) is 89.5 Å². The monoisotopic (exact) mass is 439 g/mol. The van der Waals surface area contributed by atoms with Gasteiger partial charge in [-0.1, -0.05) is 48.5 Å². The minimum Gasteiger partial charge on any atom is -0.488 e. The summed E-state index contributed by atoms with van der Waals surface area (Å²) >= 11 is 0. The number of carboxylic acid groups (broad SMARTS) is 1. The van der Waals surface area contributed by atoms with Gasteiger partial charge in [-0.2, -0.15) is 0 Å². The van der Waals surface area contributed by atoms with Crippen molar-refractivity contribution in [3.8, 4) is 16.9 Å². The number of hydrogen-bond acceptors (Lipinski definition) is 4. The largest absolute Gasteiger partial charge is 0.488 e. The molecule has 1 aliphatic rings. The van der Waals surface area contributed by atoms with Gasteiger partial charge in [0, 0.05) is 12.0 Å². The average molecular weight is 439 g/mol. The van der Waals surface area contributed by atoms with Crippen LogP contribution in [0.4, 0.5) is 13.6 Å². The molecule has 0 radical (unpaired) electrons. The molecule has 32 heavy (non-hydrogen) atoms. The Bertz CT molecular complexity index is 1120. The van der Waals surface area contributed by atoms with E-state index in [0.717, 1.165) is 34.4 Å². The first kappa shape index (κ1) is 21.3. The van der Waals surface area contributed by atoms with Crippen molar-refractivity contribution in [2.75, 3.05) is 13.2 Å². The predicted octanol–water partition coefficient (Wildman–Crippen LogP) is 4.34. The number of rotatable bonds is 7. The van der Waals surface area contributed by atoms with E-state index in [2.05, 4.69) is 5.32 Å². The summed E-state index contributed by atoms with van der Waals surface area (Å²) in [6.45, 7) is -0.554. The maximum atomic E-state index is 13.7. The highest BCUT2D eigenvalue weighted by Gasteiger charge is 2.30. The minimum atomic E-state index is -1.49. The Kier molecular flexibility index (Phi) is 6.02. The van der Waals surface area contributed by atoms with Crippen molar-refractivity contribution >= 4 is 12.1 Å². The summed E-state index contributed by atoms with van der Waals surface area (Å²) in [5.74, 6) is -3.66. The molecule has 6 nitrogen and oxygen atoms in total. The molecule has 3 aromatic rings. The van der Waals surface area contributed by atoms with Gasteiger partial charge in [0.15, 0.2) is 17.6 Å². The third kappa shape index (κ3) is 4.39. The molecule has 0 saturated carbocycles. The summed E-state index contributed by atoms with van der Waals surface area (Å²) in [4.78, 5) is 23.8. The van der Waals surface area contributed by atoms with E-state index in [1.54, 1.807) is 0 Å². The predicted molar refractivity (Wildman–Crippen MR) is 111 cm³/mol. The van der Waals surface area contributed by atoms with Gasteiger partial charge in [0.1, 0.15) is 19.0 Å². The number of halogens is 2. The van der Waals surface area contributed by atoms with Crippen LogP contribution in [0.5, 0.6) is 5.75 Å². The van der Waals surface area contributed by atoms with Gasteiger partial charge in [0.05, 0.1) is 0 Å². The summed E-state index contributed by atoms with van der Waals surface area (Å²) in [7, 11) is 0. The van der Waals surface area contributed by atoms with E-state index in [1.807, 2.05) is 48.5 Å².